The number of carbonyl (C=O) groups is 1. The van der Waals surface area contributed by atoms with Gasteiger partial charge in [-0.2, -0.15) is 0 Å². The molecule has 2 unspecified atom stereocenters. The highest BCUT2D eigenvalue weighted by atomic mass is 79.9. The lowest BCUT2D eigenvalue weighted by Gasteiger charge is -2.13. The molecule has 0 radical (unpaired) electrons. The number of carbonyl (C=O) groups excluding carboxylic acids is 1. The minimum atomic E-state index is 0.183. The van der Waals surface area contributed by atoms with Gasteiger partial charge in [-0.25, -0.2) is 0 Å². The molecular weight excluding hydrogens is 284 g/mol. The highest BCUT2D eigenvalue weighted by Gasteiger charge is 2.22. The number of rotatable bonds is 4. The first kappa shape index (κ1) is 12.6. The van der Waals surface area contributed by atoms with Crippen molar-refractivity contribution < 1.29 is 14.3 Å². The summed E-state index contributed by atoms with van der Waals surface area (Å²) in [6.45, 7) is 2.64. The summed E-state index contributed by atoms with van der Waals surface area (Å²) in [6.07, 6.45) is 3.48. The van der Waals surface area contributed by atoms with Crippen LogP contribution in [0, 0.1) is 0 Å². The van der Waals surface area contributed by atoms with E-state index >= 15 is 0 Å². The van der Waals surface area contributed by atoms with Crippen LogP contribution in [0.5, 0.6) is 5.75 Å². The molecule has 3 nitrogen and oxygen atoms in total. The van der Waals surface area contributed by atoms with Crippen molar-refractivity contribution in [3.05, 3.63) is 28.2 Å². The van der Waals surface area contributed by atoms with E-state index in [1.54, 1.807) is 18.2 Å². The van der Waals surface area contributed by atoms with Gasteiger partial charge in [-0.15, -0.1) is 0 Å². The lowest BCUT2D eigenvalue weighted by molar-refractivity contribution is 0.0263. The van der Waals surface area contributed by atoms with Crippen LogP contribution >= 0.6 is 15.9 Å². The lowest BCUT2D eigenvalue weighted by Crippen LogP contribution is -2.18. The van der Waals surface area contributed by atoms with Crippen molar-refractivity contribution in [1.82, 2.24) is 0 Å². The second kappa shape index (κ2) is 5.65. The van der Waals surface area contributed by atoms with E-state index in [0.717, 1.165) is 29.4 Å². The van der Waals surface area contributed by atoms with Gasteiger partial charge in [-0.3, -0.25) is 4.79 Å². The molecule has 1 aromatic carbocycles. The molecule has 0 amide bonds. The predicted molar refractivity (Wildman–Crippen MR) is 68.6 cm³/mol. The van der Waals surface area contributed by atoms with Crippen LogP contribution < -0.4 is 4.74 Å². The second-order valence-electron chi connectivity index (χ2n) is 4.26. The summed E-state index contributed by atoms with van der Waals surface area (Å²) in [5, 5.41) is 0. The maximum atomic E-state index is 10.6. The third-order valence-corrected chi connectivity index (χ3v) is 3.46. The molecule has 2 atom stereocenters. The molecule has 4 heteroatoms. The van der Waals surface area contributed by atoms with Gasteiger partial charge in [-0.05, 0) is 53.9 Å². The minimum Gasteiger partial charge on any atom is -0.490 e. The topological polar surface area (TPSA) is 35.5 Å². The highest BCUT2D eigenvalue weighted by Crippen LogP contribution is 2.27. The number of aldehydes is 1. The average Bonchev–Trinajstić information content (AvgIpc) is 2.73. The standard InChI is InChI=1S/C13H15BrO3/c1-9-2-4-11(17-9)8-16-13-5-3-10(7-15)6-12(13)14/h3,5-7,9,11H,2,4,8H2,1H3. The second-order valence-corrected chi connectivity index (χ2v) is 5.12. The number of ether oxygens (including phenoxy) is 2. The first-order chi connectivity index (χ1) is 8.19. The fourth-order valence-corrected chi connectivity index (χ4v) is 2.41. The minimum absolute atomic E-state index is 0.183. The van der Waals surface area contributed by atoms with E-state index in [4.69, 9.17) is 9.47 Å². The van der Waals surface area contributed by atoms with Gasteiger partial charge in [-0.1, -0.05) is 0 Å². The largest absolute Gasteiger partial charge is 0.490 e. The van der Waals surface area contributed by atoms with Crippen LogP contribution in [-0.2, 0) is 4.74 Å². The lowest BCUT2D eigenvalue weighted by atomic mass is 10.2. The maximum Gasteiger partial charge on any atom is 0.150 e. The molecule has 0 N–H and O–H groups in total. The van der Waals surface area contributed by atoms with Gasteiger partial charge >= 0.3 is 0 Å². The van der Waals surface area contributed by atoms with Crippen molar-refractivity contribution in [2.24, 2.45) is 0 Å². The Hall–Kier alpha value is -0.870. The van der Waals surface area contributed by atoms with E-state index in [0.29, 0.717) is 18.3 Å². The molecule has 17 heavy (non-hydrogen) atoms. The molecule has 2 rings (SSSR count). The van der Waals surface area contributed by atoms with Gasteiger partial charge in [0.15, 0.2) is 0 Å². The van der Waals surface area contributed by atoms with Gasteiger partial charge in [0, 0.05) is 5.56 Å². The Morgan fingerprint density at radius 1 is 1.53 bits per heavy atom. The van der Waals surface area contributed by atoms with Crippen LogP contribution in [0.3, 0.4) is 0 Å². The Morgan fingerprint density at radius 2 is 2.35 bits per heavy atom. The van der Waals surface area contributed by atoms with E-state index in [-0.39, 0.29) is 6.10 Å². The first-order valence-electron chi connectivity index (χ1n) is 5.72. The van der Waals surface area contributed by atoms with Crippen molar-refractivity contribution >= 4 is 22.2 Å². The number of benzene rings is 1. The van der Waals surface area contributed by atoms with E-state index in [1.807, 2.05) is 0 Å². The van der Waals surface area contributed by atoms with Crippen molar-refractivity contribution in [2.75, 3.05) is 6.61 Å². The average molecular weight is 299 g/mol. The molecule has 0 spiro atoms. The van der Waals surface area contributed by atoms with Crippen LogP contribution in [0.1, 0.15) is 30.1 Å². The molecule has 0 bridgehead atoms. The normalized spacial score (nSPS) is 23.6. The molecular formula is C13H15BrO3. The number of hydrogen-bond donors (Lipinski definition) is 0. The van der Waals surface area contributed by atoms with Crippen LogP contribution in [-0.4, -0.2) is 25.1 Å². The van der Waals surface area contributed by atoms with Gasteiger partial charge in [0.2, 0.25) is 0 Å². The predicted octanol–water partition coefficient (Wildman–Crippen LogP) is 3.21. The summed E-state index contributed by atoms with van der Waals surface area (Å²) in [6, 6.07) is 5.29. The third-order valence-electron chi connectivity index (χ3n) is 2.84. The fourth-order valence-electron chi connectivity index (χ4n) is 1.90. The summed E-state index contributed by atoms with van der Waals surface area (Å²) >= 11 is 3.38. The Bertz CT molecular complexity index is 406. The molecule has 1 saturated heterocycles. The van der Waals surface area contributed by atoms with Crippen LogP contribution in [0.25, 0.3) is 0 Å². The summed E-state index contributed by atoms with van der Waals surface area (Å²) in [4.78, 5) is 10.6. The molecule has 0 aliphatic carbocycles. The van der Waals surface area contributed by atoms with Crippen molar-refractivity contribution in [1.29, 1.82) is 0 Å². The Morgan fingerprint density at radius 3 is 2.94 bits per heavy atom. The number of halogens is 1. The van der Waals surface area contributed by atoms with Crippen molar-refractivity contribution in [2.45, 2.75) is 32.0 Å². The van der Waals surface area contributed by atoms with Gasteiger partial charge in [0.05, 0.1) is 16.7 Å². The monoisotopic (exact) mass is 298 g/mol. The van der Waals surface area contributed by atoms with Crippen molar-refractivity contribution in [3.63, 3.8) is 0 Å². The number of hydrogen-bond acceptors (Lipinski definition) is 3. The Labute approximate surface area is 109 Å². The van der Waals surface area contributed by atoms with Crippen LogP contribution in [0.4, 0.5) is 0 Å². The highest BCUT2D eigenvalue weighted by molar-refractivity contribution is 9.10. The Kier molecular flexibility index (Phi) is 4.18. The van der Waals surface area contributed by atoms with E-state index in [9.17, 15) is 4.79 Å². The third kappa shape index (κ3) is 3.30. The van der Waals surface area contributed by atoms with Gasteiger partial charge in [0.1, 0.15) is 18.6 Å². The Balaban J connectivity index is 1.92. The van der Waals surface area contributed by atoms with E-state index < -0.39 is 0 Å². The molecule has 1 aliphatic heterocycles. The van der Waals surface area contributed by atoms with Crippen LogP contribution in [0.15, 0.2) is 22.7 Å². The maximum absolute atomic E-state index is 10.6. The smallest absolute Gasteiger partial charge is 0.150 e. The SMILES string of the molecule is CC1CCC(COc2ccc(C=O)cc2Br)O1. The van der Waals surface area contributed by atoms with Gasteiger partial charge < -0.3 is 9.47 Å². The molecule has 0 saturated carbocycles. The van der Waals surface area contributed by atoms with Crippen LogP contribution in [0.2, 0.25) is 0 Å². The zero-order chi connectivity index (χ0) is 12.3. The first-order valence-corrected chi connectivity index (χ1v) is 6.51. The fraction of sp³-hybridized carbons (Fsp3) is 0.462. The molecule has 1 aliphatic rings. The summed E-state index contributed by atoms with van der Waals surface area (Å²) in [5.74, 6) is 0.749. The molecule has 1 aromatic rings. The molecule has 92 valence electrons. The molecule has 1 fully saturated rings. The zero-order valence-electron chi connectivity index (χ0n) is 9.69. The zero-order valence-corrected chi connectivity index (χ0v) is 11.3. The quantitative estimate of drug-likeness (QED) is 0.801. The van der Waals surface area contributed by atoms with Crippen molar-refractivity contribution in [3.8, 4) is 5.75 Å². The van der Waals surface area contributed by atoms with E-state index in [2.05, 4.69) is 22.9 Å². The molecule has 1 heterocycles. The molecule has 0 aromatic heterocycles. The van der Waals surface area contributed by atoms with Gasteiger partial charge in [0.25, 0.3) is 0 Å². The summed E-state index contributed by atoms with van der Waals surface area (Å²) in [7, 11) is 0. The summed E-state index contributed by atoms with van der Waals surface area (Å²) < 4.78 is 12.2. The summed E-state index contributed by atoms with van der Waals surface area (Å²) in [5.41, 5.74) is 0.634. The van der Waals surface area contributed by atoms with E-state index in [1.165, 1.54) is 0 Å².